The van der Waals surface area contributed by atoms with E-state index in [9.17, 15) is 14.4 Å². The molecule has 0 aliphatic heterocycles. The van der Waals surface area contributed by atoms with Crippen LogP contribution in [0.4, 0.5) is 10.5 Å². The second-order valence-electron chi connectivity index (χ2n) is 5.75. The number of hydrogen-bond acceptors (Lipinski definition) is 5. The summed E-state index contributed by atoms with van der Waals surface area (Å²) < 4.78 is 10.2. The fraction of sp³-hybridized carbons (Fsp3) is 0.211. The lowest BCUT2D eigenvalue weighted by molar-refractivity contribution is -0.120. The van der Waals surface area contributed by atoms with E-state index in [0.717, 1.165) is 5.56 Å². The van der Waals surface area contributed by atoms with Crippen molar-refractivity contribution in [2.45, 2.75) is 6.92 Å². The Kier molecular flexibility index (Phi) is 7.21. The van der Waals surface area contributed by atoms with Gasteiger partial charge in [-0.3, -0.25) is 20.4 Å². The highest BCUT2D eigenvalue weighted by atomic mass is 16.5. The Morgan fingerprint density at radius 1 is 0.929 bits per heavy atom. The first-order valence-electron chi connectivity index (χ1n) is 8.35. The van der Waals surface area contributed by atoms with Gasteiger partial charge in [0.25, 0.3) is 11.8 Å². The van der Waals surface area contributed by atoms with Crippen molar-refractivity contribution in [3.63, 3.8) is 0 Å². The molecule has 0 heterocycles. The largest absolute Gasteiger partial charge is 0.493 e. The molecule has 0 atom stereocenters. The first-order valence-corrected chi connectivity index (χ1v) is 8.35. The van der Waals surface area contributed by atoms with Gasteiger partial charge in [-0.05, 0) is 42.8 Å². The fourth-order valence-corrected chi connectivity index (χ4v) is 2.28. The highest BCUT2D eigenvalue weighted by Gasteiger charge is 2.12. The Labute approximate surface area is 162 Å². The van der Waals surface area contributed by atoms with Gasteiger partial charge in [-0.1, -0.05) is 12.1 Å². The lowest BCUT2D eigenvalue weighted by Gasteiger charge is -2.11. The van der Waals surface area contributed by atoms with Gasteiger partial charge in [0.05, 0.1) is 14.2 Å². The van der Waals surface area contributed by atoms with Crippen molar-refractivity contribution >= 4 is 23.5 Å². The smallest absolute Gasteiger partial charge is 0.319 e. The second-order valence-corrected chi connectivity index (χ2v) is 5.75. The number of aryl methyl sites for hydroxylation is 1. The number of methoxy groups -OCH3 is 2. The number of hydrogen-bond donors (Lipinski definition) is 4. The van der Waals surface area contributed by atoms with Crippen LogP contribution in [0, 0.1) is 6.92 Å². The molecular formula is C19H22N4O5. The lowest BCUT2D eigenvalue weighted by atomic mass is 10.2. The Hall–Kier alpha value is -3.75. The minimum absolute atomic E-state index is 0.267. The molecule has 0 aromatic heterocycles. The van der Waals surface area contributed by atoms with Gasteiger partial charge in [0.15, 0.2) is 11.5 Å². The molecule has 148 valence electrons. The quantitative estimate of drug-likeness (QED) is 0.563. The molecule has 0 saturated heterocycles. The molecule has 4 amide bonds. The summed E-state index contributed by atoms with van der Waals surface area (Å²) in [5, 5.41) is 5.01. The maximum Gasteiger partial charge on any atom is 0.319 e. The summed E-state index contributed by atoms with van der Waals surface area (Å²) in [6.07, 6.45) is 0. The number of ether oxygens (including phenoxy) is 2. The Morgan fingerprint density at radius 3 is 2.36 bits per heavy atom. The molecule has 9 heteroatoms. The van der Waals surface area contributed by atoms with Gasteiger partial charge in [0.1, 0.15) is 6.54 Å². The summed E-state index contributed by atoms with van der Waals surface area (Å²) in [4.78, 5) is 35.7. The molecule has 0 fully saturated rings. The number of benzene rings is 2. The molecule has 4 N–H and O–H groups in total. The van der Waals surface area contributed by atoms with Crippen LogP contribution in [0.25, 0.3) is 0 Å². The summed E-state index contributed by atoms with van der Waals surface area (Å²) in [6, 6.07) is 11.3. The molecule has 0 unspecified atom stereocenters. The van der Waals surface area contributed by atoms with Crippen molar-refractivity contribution in [2.75, 3.05) is 26.1 Å². The monoisotopic (exact) mass is 386 g/mol. The van der Waals surface area contributed by atoms with Crippen LogP contribution >= 0.6 is 0 Å². The van der Waals surface area contributed by atoms with E-state index in [4.69, 9.17) is 9.47 Å². The minimum atomic E-state index is -0.590. The maximum atomic E-state index is 12.1. The van der Waals surface area contributed by atoms with Crippen LogP contribution in [-0.2, 0) is 4.79 Å². The zero-order valence-electron chi connectivity index (χ0n) is 15.8. The SMILES string of the molecule is COc1ccc(C(=O)NNC(=O)CNC(=O)Nc2cccc(C)c2)cc1OC. The van der Waals surface area contributed by atoms with E-state index in [1.807, 2.05) is 13.0 Å². The number of amides is 4. The van der Waals surface area contributed by atoms with Crippen molar-refractivity contribution in [3.05, 3.63) is 53.6 Å². The summed E-state index contributed by atoms with van der Waals surface area (Å²) in [7, 11) is 2.94. The number of rotatable bonds is 6. The molecular weight excluding hydrogens is 364 g/mol. The number of nitrogens with one attached hydrogen (secondary N) is 4. The standard InChI is InChI=1S/C19H22N4O5/c1-12-5-4-6-14(9-12)21-19(26)20-11-17(24)22-23-18(25)13-7-8-15(27-2)16(10-13)28-3/h4-10H,11H2,1-3H3,(H,22,24)(H,23,25)(H2,20,21,26). The van der Waals surface area contributed by atoms with Crippen molar-refractivity contribution in [1.29, 1.82) is 0 Å². The van der Waals surface area contributed by atoms with Crippen molar-refractivity contribution in [1.82, 2.24) is 16.2 Å². The van der Waals surface area contributed by atoms with Gasteiger partial charge in [0, 0.05) is 11.3 Å². The van der Waals surface area contributed by atoms with Crippen molar-refractivity contribution < 1.29 is 23.9 Å². The van der Waals surface area contributed by atoms with E-state index < -0.39 is 17.8 Å². The van der Waals surface area contributed by atoms with Gasteiger partial charge in [-0.25, -0.2) is 4.79 Å². The van der Waals surface area contributed by atoms with E-state index in [1.165, 1.54) is 26.4 Å². The van der Waals surface area contributed by atoms with Crippen LogP contribution in [0.15, 0.2) is 42.5 Å². The van der Waals surface area contributed by atoms with Gasteiger partial charge < -0.3 is 20.1 Å². The summed E-state index contributed by atoms with van der Waals surface area (Å²) in [5.41, 5.74) is 6.36. The molecule has 0 spiro atoms. The number of anilines is 1. The van der Waals surface area contributed by atoms with Crippen LogP contribution in [0.3, 0.4) is 0 Å². The van der Waals surface area contributed by atoms with E-state index in [2.05, 4.69) is 21.5 Å². The number of carbonyl (C=O) groups is 3. The highest BCUT2D eigenvalue weighted by molar-refractivity contribution is 5.97. The number of carbonyl (C=O) groups excluding carboxylic acids is 3. The Bertz CT molecular complexity index is 869. The van der Waals surface area contributed by atoms with Crippen LogP contribution in [0.2, 0.25) is 0 Å². The topological polar surface area (TPSA) is 118 Å². The zero-order valence-corrected chi connectivity index (χ0v) is 15.8. The average molecular weight is 386 g/mol. The van der Waals surface area contributed by atoms with Crippen molar-refractivity contribution in [2.24, 2.45) is 0 Å². The average Bonchev–Trinajstić information content (AvgIpc) is 2.69. The molecule has 2 rings (SSSR count). The van der Waals surface area contributed by atoms with Crippen LogP contribution in [0.5, 0.6) is 11.5 Å². The van der Waals surface area contributed by atoms with Crippen LogP contribution in [0.1, 0.15) is 15.9 Å². The minimum Gasteiger partial charge on any atom is -0.493 e. The molecule has 2 aromatic rings. The van der Waals surface area contributed by atoms with E-state index in [-0.39, 0.29) is 12.1 Å². The van der Waals surface area contributed by atoms with E-state index in [1.54, 1.807) is 24.3 Å². The summed E-state index contributed by atoms with van der Waals surface area (Å²) in [5.74, 6) is -0.269. The molecule has 28 heavy (non-hydrogen) atoms. The Morgan fingerprint density at radius 2 is 1.68 bits per heavy atom. The van der Waals surface area contributed by atoms with E-state index in [0.29, 0.717) is 17.2 Å². The van der Waals surface area contributed by atoms with E-state index >= 15 is 0 Å². The van der Waals surface area contributed by atoms with Gasteiger partial charge in [-0.2, -0.15) is 0 Å². The summed E-state index contributed by atoms with van der Waals surface area (Å²) in [6.45, 7) is 1.58. The fourth-order valence-electron chi connectivity index (χ4n) is 2.28. The zero-order chi connectivity index (χ0) is 20.5. The summed E-state index contributed by atoms with van der Waals surface area (Å²) >= 11 is 0. The van der Waals surface area contributed by atoms with Gasteiger partial charge in [-0.15, -0.1) is 0 Å². The first kappa shape index (κ1) is 20.6. The third kappa shape index (κ3) is 5.90. The molecule has 0 aliphatic rings. The lowest BCUT2D eigenvalue weighted by Crippen LogP contribution is -2.47. The maximum absolute atomic E-state index is 12.1. The number of hydrazine groups is 1. The molecule has 2 aromatic carbocycles. The third-order valence-corrected chi connectivity index (χ3v) is 3.65. The van der Waals surface area contributed by atoms with Crippen LogP contribution < -0.4 is 31.0 Å². The van der Waals surface area contributed by atoms with Gasteiger partial charge >= 0.3 is 6.03 Å². The molecule has 0 saturated carbocycles. The molecule has 0 aliphatic carbocycles. The highest BCUT2D eigenvalue weighted by Crippen LogP contribution is 2.27. The predicted molar refractivity (Wildman–Crippen MR) is 103 cm³/mol. The molecule has 0 bridgehead atoms. The van der Waals surface area contributed by atoms with Crippen molar-refractivity contribution in [3.8, 4) is 11.5 Å². The van der Waals surface area contributed by atoms with Gasteiger partial charge in [0.2, 0.25) is 0 Å². The Balaban J connectivity index is 1.78. The normalized spacial score (nSPS) is 9.82. The molecule has 9 nitrogen and oxygen atoms in total. The second kappa shape index (κ2) is 9.81. The third-order valence-electron chi connectivity index (χ3n) is 3.65. The van der Waals surface area contributed by atoms with Crippen LogP contribution in [-0.4, -0.2) is 38.6 Å². The number of urea groups is 1. The molecule has 0 radical (unpaired) electrons. The first-order chi connectivity index (χ1) is 13.4. The predicted octanol–water partition coefficient (Wildman–Crippen LogP) is 1.59.